The normalized spacial score (nSPS) is 12.9. The van der Waals surface area contributed by atoms with E-state index >= 15 is 0 Å². The largest absolute Gasteiger partial charge is 0.467 e. The summed E-state index contributed by atoms with van der Waals surface area (Å²) >= 11 is 0. The first kappa shape index (κ1) is 16.3. The zero-order chi connectivity index (χ0) is 16.3. The number of carbonyl (C=O) groups is 1. The predicted molar refractivity (Wildman–Crippen MR) is 82.0 cm³/mol. The molecular weight excluding hydrogens is 304 g/mol. The van der Waals surface area contributed by atoms with Gasteiger partial charge >= 0.3 is 0 Å². The lowest BCUT2D eigenvalue weighted by molar-refractivity contribution is 0.0934. The van der Waals surface area contributed by atoms with Crippen molar-refractivity contribution in [3.63, 3.8) is 0 Å². The lowest BCUT2D eigenvalue weighted by atomic mass is 10.1. The van der Waals surface area contributed by atoms with E-state index in [4.69, 9.17) is 4.42 Å². The third-order valence-electron chi connectivity index (χ3n) is 3.35. The Morgan fingerprint density at radius 1 is 1.27 bits per heavy atom. The minimum absolute atomic E-state index is 0.0522. The molecule has 0 aliphatic carbocycles. The minimum atomic E-state index is -3.59. The monoisotopic (exact) mass is 322 g/mol. The van der Waals surface area contributed by atoms with Crippen molar-refractivity contribution in [2.75, 3.05) is 7.05 Å². The standard InChI is InChI=1S/C15H18N2O4S/c1-10-6-7-12(22(19,20)16-3)9-13(10)15(18)17-11(2)14-5-4-8-21-14/h4-9,11,16H,1-3H3,(H,17,18). The van der Waals surface area contributed by atoms with Gasteiger partial charge in [-0.1, -0.05) is 6.07 Å². The molecule has 0 bridgehead atoms. The first-order valence-corrected chi connectivity index (χ1v) is 8.22. The van der Waals surface area contributed by atoms with Crippen LogP contribution in [0.4, 0.5) is 0 Å². The lowest BCUT2D eigenvalue weighted by Gasteiger charge is -2.14. The fourth-order valence-corrected chi connectivity index (χ4v) is 2.77. The molecule has 7 heteroatoms. The Bertz CT molecular complexity index is 767. The summed E-state index contributed by atoms with van der Waals surface area (Å²) in [5, 5.41) is 2.79. The second-order valence-corrected chi connectivity index (χ2v) is 6.78. The topological polar surface area (TPSA) is 88.4 Å². The maximum absolute atomic E-state index is 12.4. The Kier molecular flexibility index (Phi) is 4.68. The van der Waals surface area contributed by atoms with Gasteiger partial charge in [-0.25, -0.2) is 13.1 Å². The molecule has 0 saturated heterocycles. The Hall–Kier alpha value is -2.12. The van der Waals surface area contributed by atoms with Gasteiger partial charge in [0, 0.05) is 5.56 Å². The molecule has 1 amide bonds. The molecule has 0 fully saturated rings. The quantitative estimate of drug-likeness (QED) is 0.881. The van der Waals surface area contributed by atoms with Gasteiger partial charge in [0.15, 0.2) is 0 Å². The molecule has 1 aromatic heterocycles. The van der Waals surface area contributed by atoms with Crippen LogP contribution in [0.2, 0.25) is 0 Å². The van der Waals surface area contributed by atoms with Crippen molar-refractivity contribution in [3.05, 3.63) is 53.5 Å². The van der Waals surface area contributed by atoms with Crippen LogP contribution in [0.5, 0.6) is 0 Å². The van der Waals surface area contributed by atoms with Crippen LogP contribution < -0.4 is 10.0 Å². The number of sulfonamides is 1. The van der Waals surface area contributed by atoms with E-state index in [1.807, 2.05) is 0 Å². The van der Waals surface area contributed by atoms with Crippen LogP contribution in [0.15, 0.2) is 45.9 Å². The fraction of sp³-hybridized carbons (Fsp3) is 0.267. The zero-order valence-corrected chi connectivity index (χ0v) is 13.4. The molecule has 0 radical (unpaired) electrons. The van der Waals surface area contributed by atoms with E-state index in [1.165, 1.54) is 25.4 Å². The number of amides is 1. The Labute approximate surface area is 129 Å². The molecule has 1 unspecified atom stereocenters. The van der Waals surface area contributed by atoms with Gasteiger partial charge in [0.1, 0.15) is 5.76 Å². The van der Waals surface area contributed by atoms with Gasteiger partial charge in [-0.2, -0.15) is 0 Å². The zero-order valence-electron chi connectivity index (χ0n) is 12.6. The summed E-state index contributed by atoms with van der Waals surface area (Å²) in [5.74, 6) is 0.277. The number of aryl methyl sites for hydroxylation is 1. The molecule has 1 aromatic carbocycles. The Morgan fingerprint density at radius 2 is 2.00 bits per heavy atom. The fourth-order valence-electron chi connectivity index (χ4n) is 2.01. The van der Waals surface area contributed by atoms with Crippen molar-refractivity contribution in [2.45, 2.75) is 24.8 Å². The summed E-state index contributed by atoms with van der Waals surface area (Å²) in [6, 6.07) is 7.63. The number of furan rings is 1. The number of hydrogen-bond donors (Lipinski definition) is 2. The van der Waals surface area contributed by atoms with E-state index in [9.17, 15) is 13.2 Å². The van der Waals surface area contributed by atoms with Gasteiger partial charge in [0.25, 0.3) is 5.91 Å². The molecule has 0 aliphatic heterocycles. The highest BCUT2D eigenvalue weighted by Crippen LogP contribution is 2.18. The molecule has 118 valence electrons. The van der Waals surface area contributed by atoms with Crippen molar-refractivity contribution in [3.8, 4) is 0 Å². The van der Waals surface area contributed by atoms with E-state index in [1.54, 1.807) is 32.0 Å². The molecule has 0 saturated carbocycles. The molecule has 1 heterocycles. The highest BCUT2D eigenvalue weighted by Gasteiger charge is 2.18. The summed E-state index contributed by atoms with van der Waals surface area (Å²) in [5.41, 5.74) is 1.01. The van der Waals surface area contributed by atoms with Crippen LogP contribution in [0.3, 0.4) is 0 Å². The third-order valence-corrected chi connectivity index (χ3v) is 4.76. The maximum Gasteiger partial charge on any atom is 0.252 e. The first-order valence-electron chi connectivity index (χ1n) is 6.73. The van der Waals surface area contributed by atoms with Crippen LogP contribution in [-0.4, -0.2) is 21.4 Å². The molecule has 2 aromatic rings. The van der Waals surface area contributed by atoms with Crippen LogP contribution in [0.1, 0.15) is 34.6 Å². The number of nitrogens with one attached hydrogen (secondary N) is 2. The van der Waals surface area contributed by atoms with Crippen LogP contribution >= 0.6 is 0 Å². The van der Waals surface area contributed by atoms with E-state index in [0.29, 0.717) is 16.9 Å². The summed E-state index contributed by atoms with van der Waals surface area (Å²) in [6.45, 7) is 3.54. The molecule has 6 nitrogen and oxygen atoms in total. The van der Waals surface area contributed by atoms with Gasteiger partial charge in [0.05, 0.1) is 17.2 Å². The average Bonchev–Trinajstić information content (AvgIpc) is 3.01. The molecule has 22 heavy (non-hydrogen) atoms. The molecule has 1 atom stereocenters. The summed E-state index contributed by atoms with van der Waals surface area (Å²) in [4.78, 5) is 12.4. The molecule has 0 spiro atoms. The predicted octanol–water partition coefficient (Wildman–Crippen LogP) is 1.99. The van der Waals surface area contributed by atoms with Crippen LogP contribution in [-0.2, 0) is 10.0 Å². The average molecular weight is 322 g/mol. The SMILES string of the molecule is CNS(=O)(=O)c1ccc(C)c(C(=O)NC(C)c2ccco2)c1. The minimum Gasteiger partial charge on any atom is -0.467 e. The first-order chi connectivity index (χ1) is 10.3. The van der Waals surface area contributed by atoms with Gasteiger partial charge in [0.2, 0.25) is 10.0 Å². The number of carbonyl (C=O) groups excluding carboxylic acids is 1. The van der Waals surface area contributed by atoms with Crippen molar-refractivity contribution in [1.29, 1.82) is 0 Å². The van der Waals surface area contributed by atoms with E-state index < -0.39 is 10.0 Å². The van der Waals surface area contributed by atoms with Gasteiger partial charge in [-0.3, -0.25) is 4.79 Å². The third kappa shape index (κ3) is 3.37. The van der Waals surface area contributed by atoms with Gasteiger partial charge in [-0.15, -0.1) is 0 Å². The highest BCUT2D eigenvalue weighted by molar-refractivity contribution is 7.89. The van der Waals surface area contributed by atoms with Crippen molar-refractivity contribution in [2.24, 2.45) is 0 Å². The molecule has 2 rings (SSSR count). The smallest absolute Gasteiger partial charge is 0.252 e. The highest BCUT2D eigenvalue weighted by atomic mass is 32.2. The molecule has 2 N–H and O–H groups in total. The number of rotatable bonds is 5. The van der Waals surface area contributed by atoms with Crippen LogP contribution in [0, 0.1) is 6.92 Å². The lowest BCUT2D eigenvalue weighted by Crippen LogP contribution is -2.27. The van der Waals surface area contributed by atoms with Crippen molar-refractivity contribution in [1.82, 2.24) is 10.0 Å². The molecule has 0 aliphatic rings. The Morgan fingerprint density at radius 3 is 2.59 bits per heavy atom. The van der Waals surface area contributed by atoms with Crippen molar-refractivity contribution >= 4 is 15.9 Å². The van der Waals surface area contributed by atoms with Crippen molar-refractivity contribution < 1.29 is 17.6 Å². The maximum atomic E-state index is 12.4. The second kappa shape index (κ2) is 6.33. The second-order valence-electron chi connectivity index (χ2n) is 4.89. The van der Waals surface area contributed by atoms with Gasteiger partial charge < -0.3 is 9.73 Å². The Balaban J connectivity index is 2.28. The summed E-state index contributed by atoms with van der Waals surface area (Å²) in [6.07, 6.45) is 1.53. The van der Waals surface area contributed by atoms with E-state index in [0.717, 1.165) is 0 Å². The number of benzene rings is 1. The van der Waals surface area contributed by atoms with Gasteiger partial charge in [-0.05, 0) is 50.7 Å². The van der Waals surface area contributed by atoms with E-state index in [2.05, 4.69) is 10.0 Å². The molecular formula is C15H18N2O4S. The van der Waals surface area contributed by atoms with E-state index in [-0.39, 0.29) is 16.8 Å². The van der Waals surface area contributed by atoms with Crippen LogP contribution in [0.25, 0.3) is 0 Å². The number of hydrogen-bond acceptors (Lipinski definition) is 4. The summed E-state index contributed by atoms with van der Waals surface area (Å²) in [7, 11) is -2.26. The summed E-state index contributed by atoms with van der Waals surface area (Å²) < 4.78 is 31.1.